The maximum Gasteiger partial charge on any atom is 0.412 e. The summed E-state index contributed by atoms with van der Waals surface area (Å²) < 4.78 is 43.6. The zero-order chi connectivity index (χ0) is 20.0. The molecule has 5 nitrogen and oxygen atoms in total. The molecule has 3 atom stereocenters. The highest BCUT2D eigenvalue weighted by atomic mass is 19.4. The van der Waals surface area contributed by atoms with Crippen LogP contribution in [0.1, 0.15) is 18.4 Å². The molecule has 0 saturated carbocycles. The molecular weight excluding hydrogens is 363 g/mol. The summed E-state index contributed by atoms with van der Waals surface area (Å²) in [5.74, 6) is 0. The molecule has 0 spiro atoms. The lowest BCUT2D eigenvalue weighted by Gasteiger charge is -2.29. The second kappa shape index (κ2) is 9.05. The fourth-order valence-corrected chi connectivity index (χ4v) is 2.88. The van der Waals surface area contributed by atoms with Gasteiger partial charge in [0.25, 0.3) is 0 Å². The van der Waals surface area contributed by atoms with Crippen LogP contribution in [0.25, 0.3) is 0 Å². The molecule has 1 saturated heterocycles. The minimum atomic E-state index is -4.55. The van der Waals surface area contributed by atoms with Gasteiger partial charge < -0.3 is 14.9 Å². The lowest BCUT2D eigenvalue weighted by atomic mass is 10.0. The molecule has 0 aliphatic carbocycles. The van der Waals surface area contributed by atoms with Crippen LogP contribution in [0.2, 0.25) is 0 Å². The number of ether oxygens (including phenoxy) is 1. The summed E-state index contributed by atoms with van der Waals surface area (Å²) in [6.45, 7) is 3.30. The minimum absolute atomic E-state index is 0.0254. The van der Waals surface area contributed by atoms with E-state index in [1.54, 1.807) is 0 Å². The highest BCUT2D eigenvalue weighted by molar-refractivity contribution is 5.70. The number of halogens is 3. The highest BCUT2D eigenvalue weighted by Crippen LogP contribution is 2.29. The van der Waals surface area contributed by atoms with Crippen LogP contribution in [0.5, 0.6) is 0 Å². The molecular formula is C19H22F3NO4. The first-order valence-electron chi connectivity index (χ1n) is 8.46. The van der Waals surface area contributed by atoms with Crippen LogP contribution in [0, 0.1) is 0 Å². The van der Waals surface area contributed by atoms with E-state index >= 15 is 0 Å². The summed E-state index contributed by atoms with van der Waals surface area (Å²) in [4.78, 5) is 12.9. The van der Waals surface area contributed by atoms with Gasteiger partial charge in [-0.05, 0) is 24.8 Å². The Labute approximate surface area is 155 Å². The zero-order valence-corrected chi connectivity index (χ0v) is 14.6. The first-order chi connectivity index (χ1) is 12.7. The van der Waals surface area contributed by atoms with E-state index in [9.17, 15) is 28.2 Å². The molecule has 1 fully saturated rings. The van der Waals surface area contributed by atoms with Crippen molar-refractivity contribution in [2.75, 3.05) is 6.61 Å². The van der Waals surface area contributed by atoms with Gasteiger partial charge in [-0.3, -0.25) is 4.90 Å². The molecule has 27 heavy (non-hydrogen) atoms. The van der Waals surface area contributed by atoms with Gasteiger partial charge in [-0.2, -0.15) is 13.2 Å². The van der Waals surface area contributed by atoms with Gasteiger partial charge in [-0.25, -0.2) is 4.79 Å². The number of carbonyl (C=O) groups excluding carboxylic acids is 1. The number of alkyl halides is 3. The SMILES string of the molecule is C=CCC(=CC[C@H](O)[C@H](O)N1C(=O)OCC1Cc1ccccc1)C(F)(F)F. The molecule has 2 N–H and O–H groups in total. The molecule has 0 aromatic heterocycles. The Morgan fingerprint density at radius 1 is 1.33 bits per heavy atom. The highest BCUT2D eigenvalue weighted by Gasteiger charge is 2.40. The molecule has 1 amide bonds. The monoisotopic (exact) mass is 385 g/mol. The van der Waals surface area contributed by atoms with Crippen molar-refractivity contribution in [1.29, 1.82) is 0 Å². The maximum atomic E-state index is 12.9. The fraction of sp³-hybridized carbons (Fsp3) is 0.421. The number of benzene rings is 1. The first kappa shape index (κ1) is 21.0. The average molecular weight is 385 g/mol. The van der Waals surface area contributed by atoms with Gasteiger partial charge in [0.15, 0.2) is 6.23 Å². The summed E-state index contributed by atoms with van der Waals surface area (Å²) in [7, 11) is 0. The van der Waals surface area contributed by atoms with Crippen molar-refractivity contribution in [3.05, 3.63) is 60.2 Å². The van der Waals surface area contributed by atoms with Gasteiger partial charge in [0.05, 0.1) is 6.04 Å². The van der Waals surface area contributed by atoms with Crippen LogP contribution in [0.3, 0.4) is 0 Å². The fourth-order valence-electron chi connectivity index (χ4n) is 2.88. The summed E-state index contributed by atoms with van der Waals surface area (Å²) in [6, 6.07) is 8.65. The number of nitrogens with zero attached hydrogens (tertiary/aromatic N) is 1. The third kappa shape index (κ3) is 5.58. The number of allylic oxidation sites excluding steroid dienone is 2. The summed E-state index contributed by atoms with van der Waals surface area (Å²) in [6.07, 6.45) is -7.20. The zero-order valence-electron chi connectivity index (χ0n) is 14.6. The Morgan fingerprint density at radius 3 is 2.59 bits per heavy atom. The third-order valence-corrected chi connectivity index (χ3v) is 4.28. The maximum absolute atomic E-state index is 12.9. The number of amides is 1. The van der Waals surface area contributed by atoms with Crippen molar-refractivity contribution in [1.82, 2.24) is 4.90 Å². The molecule has 1 aromatic rings. The topological polar surface area (TPSA) is 70.0 Å². The van der Waals surface area contributed by atoms with Crippen LogP contribution < -0.4 is 0 Å². The van der Waals surface area contributed by atoms with E-state index in [-0.39, 0.29) is 6.61 Å². The van der Waals surface area contributed by atoms with Crippen molar-refractivity contribution in [3.8, 4) is 0 Å². The molecule has 0 bridgehead atoms. The van der Waals surface area contributed by atoms with Crippen molar-refractivity contribution >= 4 is 6.09 Å². The summed E-state index contributed by atoms with van der Waals surface area (Å²) in [5.41, 5.74) is 0.0336. The van der Waals surface area contributed by atoms with Crippen LogP contribution in [-0.4, -0.2) is 52.4 Å². The number of aliphatic hydroxyl groups is 2. The van der Waals surface area contributed by atoms with Crippen molar-refractivity contribution in [2.24, 2.45) is 0 Å². The molecule has 8 heteroatoms. The Balaban J connectivity index is 2.07. The van der Waals surface area contributed by atoms with Crippen molar-refractivity contribution < 1.29 is 32.9 Å². The van der Waals surface area contributed by atoms with Gasteiger partial charge in [-0.1, -0.05) is 42.5 Å². The number of hydrogen-bond donors (Lipinski definition) is 2. The smallest absolute Gasteiger partial charge is 0.412 e. The lowest BCUT2D eigenvalue weighted by Crippen LogP contribution is -2.49. The van der Waals surface area contributed by atoms with E-state index in [2.05, 4.69) is 6.58 Å². The molecule has 1 aromatic carbocycles. The number of cyclic esters (lactones) is 1. The van der Waals surface area contributed by atoms with E-state index < -0.39 is 49.1 Å². The van der Waals surface area contributed by atoms with Gasteiger partial charge in [0.2, 0.25) is 0 Å². The summed E-state index contributed by atoms with van der Waals surface area (Å²) >= 11 is 0. The summed E-state index contributed by atoms with van der Waals surface area (Å²) in [5, 5.41) is 20.5. The number of aliphatic hydroxyl groups excluding tert-OH is 2. The molecule has 1 heterocycles. The predicted molar refractivity (Wildman–Crippen MR) is 92.7 cm³/mol. The quantitative estimate of drug-likeness (QED) is 0.675. The van der Waals surface area contributed by atoms with E-state index in [1.165, 1.54) is 0 Å². The molecule has 1 aliphatic rings. The largest absolute Gasteiger partial charge is 0.447 e. The van der Waals surface area contributed by atoms with E-state index in [4.69, 9.17) is 4.74 Å². The van der Waals surface area contributed by atoms with Gasteiger partial charge in [0.1, 0.15) is 12.7 Å². The second-order valence-electron chi connectivity index (χ2n) is 6.26. The van der Waals surface area contributed by atoms with Crippen LogP contribution in [0.4, 0.5) is 18.0 Å². The molecule has 1 aliphatic heterocycles. The van der Waals surface area contributed by atoms with E-state index in [0.29, 0.717) is 6.42 Å². The number of hydrogen-bond acceptors (Lipinski definition) is 4. The average Bonchev–Trinajstić information content (AvgIpc) is 2.97. The number of rotatable bonds is 8. The van der Waals surface area contributed by atoms with E-state index in [0.717, 1.165) is 22.6 Å². The second-order valence-corrected chi connectivity index (χ2v) is 6.26. The first-order valence-corrected chi connectivity index (χ1v) is 8.46. The Kier molecular flexibility index (Phi) is 7.04. The Morgan fingerprint density at radius 2 is 2.00 bits per heavy atom. The molecule has 2 rings (SSSR count). The molecule has 0 radical (unpaired) electrons. The predicted octanol–water partition coefficient (Wildman–Crippen LogP) is 3.18. The van der Waals surface area contributed by atoms with Crippen LogP contribution >= 0.6 is 0 Å². The van der Waals surface area contributed by atoms with Crippen LogP contribution in [0.15, 0.2) is 54.6 Å². The van der Waals surface area contributed by atoms with Crippen molar-refractivity contribution in [3.63, 3.8) is 0 Å². The minimum Gasteiger partial charge on any atom is -0.447 e. The Hall–Kier alpha value is -2.32. The van der Waals surface area contributed by atoms with Gasteiger partial charge >= 0.3 is 12.3 Å². The molecule has 1 unspecified atom stereocenters. The van der Waals surface area contributed by atoms with Crippen molar-refractivity contribution in [2.45, 2.75) is 43.8 Å². The van der Waals surface area contributed by atoms with Crippen LogP contribution in [-0.2, 0) is 11.2 Å². The standard InChI is InChI=1S/C19H22F3NO4/c1-2-6-14(19(20,21)22)9-10-16(24)17(25)23-15(12-27-18(23)26)11-13-7-4-3-5-8-13/h2-5,7-9,15-17,24-25H,1,6,10-12H2/t15?,16-,17-/m0/s1. The molecule has 148 valence electrons. The third-order valence-electron chi connectivity index (χ3n) is 4.28. The lowest BCUT2D eigenvalue weighted by molar-refractivity contribution is -0.0944. The van der Waals surface area contributed by atoms with Gasteiger partial charge in [-0.15, -0.1) is 6.58 Å². The Bertz CT molecular complexity index is 675. The van der Waals surface area contributed by atoms with E-state index in [1.807, 2.05) is 30.3 Å². The van der Waals surface area contributed by atoms with Gasteiger partial charge in [0, 0.05) is 5.57 Å². The normalized spacial score (nSPS) is 20.3. The number of carbonyl (C=O) groups is 1.